The van der Waals surface area contributed by atoms with Gasteiger partial charge in [-0.15, -0.1) is 0 Å². The van der Waals surface area contributed by atoms with E-state index >= 15 is 0 Å². The van der Waals surface area contributed by atoms with E-state index in [9.17, 15) is 19.5 Å². The van der Waals surface area contributed by atoms with E-state index in [1.54, 1.807) is 13.1 Å². The first-order valence-corrected chi connectivity index (χ1v) is 12.5. The van der Waals surface area contributed by atoms with Gasteiger partial charge in [-0.1, -0.05) is 19.4 Å². The summed E-state index contributed by atoms with van der Waals surface area (Å²) in [5.74, 6) is -1.15. The number of aliphatic hydroxyl groups excluding tert-OH is 1. The highest BCUT2D eigenvalue weighted by molar-refractivity contribution is 5.83. The first-order valence-electron chi connectivity index (χ1n) is 12.5. The molecule has 2 N–H and O–H groups in total. The van der Waals surface area contributed by atoms with Gasteiger partial charge < -0.3 is 24.6 Å². The van der Waals surface area contributed by atoms with Gasteiger partial charge in [0.15, 0.2) is 0 Å². The Morgan fingerprint density at radius 1 is 1.24 bits per heavy atom. The average molecular weight is 480 g/mol. The van der Waals surface area contributed by atoms with Crippen LogP contribution in [0.15, 0.2) is 11.6 Å². The molecule has 0 aliphatic heterocycles. The molecule has 0 unspecified atom stereocenters. The highest BCUT2D eigenvalue weighted by atomic mass is 16.6. The van der Waals surface area contributed by atoms with Gasteiger partial charge in [-0.2, -0.15) is 0 Å². The second-order valence-corrected chi connectivity index (χ2v) is 10.8. The number of fused-ring (bicyclic) bond motifs is 3. The van der Waals surface area contributed by atoms with Gasteiger partial charge in [0.2, 0.25) is 0 Å². The highest BCUT2D eigenvalue weighted by Crippen LogP contribution is 2.65. The zero-order valence-electron chi connectivity index (χ0n) is 21.4. The van der Waals surface area contributed by atoms with Crippen molar-refractivity contribution in [2.24, 2.45) is 34.5 Å². The number of likely N-dealkylation sites (N-methyl/N-ethyl adjacent to an activating group) is 1. The fourth-order valence-corrected chi connectivity index (χ4v) is 7.42. The van der Waals surface area contributed by atoms with Gasteiger partial charge in [0, 0.05) is 19.5 Å². The molecule has 3 aliphatic carbocycles. The smallest absolute Gasteiger partial charge is 0.330 e. The molecule has 0 aromatic heterocycles. The Bertz CT molecular complexity index is 826. The molecule has 0 spiro atoms. The molecule has 0 aromatic carbocycles. The second kappa shape index (κ2) is 10.4. The fraction of sp³-hybridized carbons (Fsp3) is 0.808. The van der Waals surface area contributed by atoms with Gasteiger partial charge in [0.1, 0.15) is 18.1 Å². The number of esters is 3. The summed E-state index contributed by atoms with van der Waals surface area (Å²) in [4.78, 5) is 37.3. The second-order valence-electron chi connectivity index (χ2n) is 10.8. The Kier molecular flexibility index (Phi) is 8.13. The van der Waals surface area contributed by atoms with Gasteiger partial charge in [-0.05, 0) is 75.2 Å². The van der Waals surface area contributed by atoms with Crippen LogP contribution in [-0.4, -0.2) is 62.5 Å². The number of aliphatic hydroxyl groups is 1. The standard InChI is InChI=1S/C26H41NO7/c1-15-17(13-22(30)33-12-11-27-5)7-8-18-23(15)19(29)14-20-25(18,3)10-9-21(34-16(2)28)26(20,4)24(31)32-6/h13,15,18-21,23,27,29H,7-12,14H2,1-6H3/b17-13+/t15-,18-,19-,20+,21-,23-,25+,26+/m0/s1. The van der Waals surface area contributed by atoms with Crippen molar-refractivity contribution in [2.45, 2.75) is 72.0 Å². The van der Waals surface area contributed by atoms with E-state index in [1.165, 1.54) is 14.0 Å². The van der Waals surface area contributed by atoms with E-state index in [4.69, 9.17) is 14.2 Å². The van der Waals surface area contributed by atoms with Crippen LogP contribution < -0.4 is 5.32 Å². The van der Waals surface area contributed by atoms with Crippen molar-refractivity contribution in [2.75, 3.05) is 27.3 Å². The fourth-order valence-electron chi connectivity index (χ4n) is 7.42. The van der Waals surface area contributed by atoms with Crippen LogP contribution in [-0.2, 0) is 28.6 Å². The number of nitrogens with one attached hydrogen (secondary N) is 1. The topological polar surface area (TPSA) is 111 Å². The lowest BCUT2D eigenvalue weighted by Crippen LogP contribution is -2.64. The Morgan fingerprint density at radius 3 is 2.56 bits per heavy atom. The summed E-state index contributed by atoms with van der Waals surface area (Å²) in [7, 11) is 3.17. The third kappa shape index (κ3) is 4.63. The number of hydrogen-bond acceptors (Lipinski definition) is 8. The molecule has 3 aliphatic rings. The summed E-state index contributed by atoms with van der Waals surface area (Å²) in [5, 5.41) is 14.3. The van der Waals surface area contributed by atoms with Gasteiger partial charge in [0.25, 0.3) is 0 Å². The van der Waals surface area contributed by atoms with Crippen LogP contribution in [0, 0.1) is 34.5 Å². The monoisotopic (exact) mass is 479 g/mol. The van der Waals surface area contributed by atoms with E-state index in [-0.39, 0.29) is 35.1 Å². The van der Waals surface area contributed by atoms with Crippen molar-refractivity contribution in [3.05, 3.63) is 11.6 Å². The first kappa shape index (κ1) is 26.7. The Balaban J connectivity index is 1.89. The maximum absolute atomic E-state index is 13.1. The summed E-state index contributed by atoms with van der Waals surface area (Å²) in [6, 6.07) is 0. The van der Waals surface area contributed by atoms with Crippen LogP contribution in [0.2, 0.25) is 0 Å². The molecular weight excluding hydrogens is 438 g/mol. The van der Waals surface area contributed by atoms with Crippen LogP contribution in [0.1, 0.15) is 59.8 Å². The highest BCUT2D eigenvalue weighted by Gasteiger charge is 2.66. The van der Waals surface area contributed by atoms with Crippen molar-refractivity contribution in [1.82, 2.24) is 5.32 Å². The normalized spacial score (nSPS) is 40.6. The van der Waals surface area contributed by atoms with E-state index in [0.717, 1.165) is 24.8 Å². The minimum Gasteiger partial charge on any atom is -0.468 e. The van der Waals surface area contributed by atoms with Crippen molar-refractivity contribution in [1.29, 1.82) is 0 Å². The number of carbonyl (C=O) groups excluding carboxylic acids is 3. The van der Waals surface area contributed by atoms with Crippen LogP contribution in [0.4, 0.5) is 0 Å². The number of rotatable bonds is 6. The summed E-state index contributed by atoms with van der Waals surface area (Å²) in [6.07, 6.45) is 3.76. The molecule has 0 amide bonds. The van der Waals surface area contributed by atoms with Gasteiger partial charge in [-0.3, -0.25) is 9.59 Å². The Morgan fingerprint density at radius 2 is 1.94 bits per heavy atom. The Hall–Kier alpha value is -1.93. The average Bonchev–Trinajstić information content (AvgIpc) is 2.78. The zero-order valence-corrected chi connectivity index (χ0v) is 21.4. The number of allylic oxidation sites excluding steroid dienone is 1. The van der Waals surface area contributed by atoms with Crippen molar-refractivity contribution < 1.29 is 33.7 Å². The quantitative estimate of drug-likeness (QED) is 0.259. The molecule has 8 heteroatoms. The van der Waals surface area contributed by atoms with E-state index in [1.807, 2.05) is 6.92 Å². The van der Waals surface area contributed by atoms with Gasteiger partial charge >= 0.3 is 17.9 Å². The Labute approximate surface area is 202 Å². The molecule has 3 saturated carbocycles. The maximum Gasteiger partial charge on any atom is 0.330 e. The number of carbonyl (C=O) groups is 3. The SMILES string of the molecule is CNCCOC(=O)/C=C1\CC[C@H]2[C@@H]([C@@H](O)C[C@@H]3[C@]2(C)CC[C@H](OC(C)=O)[C@]3(C)C(=O)OC)[C@H]1C. The molecule has 3 fully saturated rings. The molecule has 192 valence electrons. The number of hydrogen-bond donors (Lipinski definition) is 2. The minimum absolute atomic E-state index is 0.0152. The minimum atomic E-state index is -1.03. The van der Waals surface area contributed by atoms with Crippen LogP contribution >= 0.6 is 0 Å². The molecular formula is C26H41NO7. The lowest BCUT2D eigenvalue weighted by Gasteiger charge is -2.63. The first-order chi connectivity index (χ1) is 16.0. The van der Waals surface area contributed by atoms with E-state index < -0.39 is 29.6 Å². The third-order valence-electron chi connectivity index (χ3n) is 9.11. The predicted molar refractivity (Wildman–Crippen MR) is 125 cm³/mol. The molecule has 0 radical (unpaired) electrons. The molecule has 0 bridgehead atoms. The summed E-state index contributed by atoms with van der Waals surface area (Å²) < 4.78 is 16.1. The number of ether oxygens (including phenoxy) is 3. The lowest BCUT2D eigenvalue weighted by molar-refractivity contribution is -0.218. The lowest BCUT2D eigenvalue weighted by atomic mass is 9.42. The van der Waals surface area contributed by atoms with Crippen LogP contribution in [0.25, 0.3) is 0 Å². The summed E-state index contributed by atoms with van der Waals surface area (Å²) in [5.41, 5.74) is -0.243. The van der Waals surface area contributed by atoms with E-state index in [0.29, 0.717) is 26.0 Å². The van der Waals surface area contributed by atoms with Crippen molar-refractivity contribution >= 4 is 17.9 Å². The zero-order chi connectivity index (χ0) is 25.3. The molecule has 3 rings (SSSR count). The van der Waals surface area contributed by atoms with Crippen molar-refractivity contribution in [3.63, 3.8) is 0 Å². The molecule has 0 heterocycles. The van der Waals surface area contributed by atoms with Crippen molar-refractivity contribution in [3.8, 4) is 0 Å². The summed E-state index contributed by atoms with van der Waals surface area (Å²) >= 11 is 0. The molecule has 8 nitrogen and oxygen atoms in total. The van der Waals surface area contributed by atoms with Gasteiger partial charge in [-0.25, -0.2) is 4.79 Å². The van der Waals surface area contributed by atoms with Crippen LogP contribution in [0.5, 0.6) is 0 Å². The number of methoxy groups -OCH3 is 1. The molecule has 0 aromatic rings. The summed E-state index contributed by atoms with van der Waals surface area (Å²) in [6.45, 7) is 8.41. The maximum atomic E-state index is 13.1. The third-order valence-corrected chi connectivity index (χ3v) is 9.11. The molecule has 8 atom stereocenters. The molecule has 0 saturated heterocycles. The molecule has 34 heavy (non-hydrogen) atoms. The van der Waals surface area contributed by atoms with E-state index in [2.05, 4.69) is 19.2 Å². The van der Waals surface area contributed by atoms with Gasteiger partial charge in [0.05, 0.1) is 13.2 Å². The van der Waals surface area contributed by atoms with Crippen LogP contribution in [0.3, 0.4) is 0 Å². The predicted octanol–water partition coefficient (Wildman–Crippen LogP) is 2.63. The largest absolute Gasteiger partial charge is 0.468 e.